The molecule has 5 nitrogen and oxygen atoms in total. The fourth-order valence-corrected chi connectivity index (χ4v) is 1.83. The van der Waals surface area contributed by atoms with Crippen LogP contribution in [-0.2, 0) is 13.6 Å². The van der Waals surface area contributed by atoms with Gasteiger partial charge in [-0.3, -0.25) is 14.5 Å². The number of rotatable bonds is 3. The van der Waals surface area contributed by atoms with Crippen molar-refractivity contribution in [2.24, 2.45) is 7.05 Å². The van der Waals surface area contributed by atoms with E-state index in [0.717, 1.165) is 11.3 Å². The van der Waals surface area contributed by atoms with E-state index in [0.29, 0.717) is 17.1 Å². The van der Waals surface area contributed by atoms with E-state index in [2.05, 4.69) is 15.4 Å². The summed E-state index contributed by atoms with van der Waals surface area (Å²) in [5.41, 5.74) is 2.09. The molecule has 0 aliphatic carbocycles. The number of carbonyl (C=O) groups excluding carboxylic acids is 1. The van der Waals surface area contributed by atoms with Crippen molar-refractivity contribution in [2.45, 2.75) is 13.5 Å². The predicted molar refractivity (Wildman–Crippen MR) is 68.4 cm³/mol. The average molecular weight is 265 g/mol. The van der Waals surface area contributed by atoms with Gasteiger partial charge in [-0.2, -0.15) is 5.10 Å². The molecule has 0 spiro atoms. The predicted octanol–water partition coefficient (Wildman–Crippen LogP) is 1.71. The number of hydrogen-bond acceptors (Lipinski definition) is 3. The van der Waals surface area contributed by atoms with Crippen molar-refractivity contribution in [3.8, 4) is 0 Å². The van der Waals surface area contributed by atoms with Crippen molar-refractivity contribution >= 4 is 17.5 Å². The van der Waals surface area contributed by atoms with Crippen LogP contribution < -0.4 is 5.32 Å². The Bertz CT molecular complexity index is 579. The third-order valence-electron chi connectivity index (χ3n) is 2.45. The van der Waals surface area contributed by atoms with Gasteiger partial charge in [0.15, 0.2) is 0 Å². The highest BCUT2D eigenvalue weighted by atomic mass is 35.5. The third-order valence-corrected chi connectivity index (χ3v) is 2.76. The topological polar surface area (TPSA) is 59.8 Å². The zero-order valence-electron chi connectivity index (χ0n) is 10.1. The van der Waals surface area contributed by atoms with Gasteiger partial charge in [-0.1, -0.05) is 11.6 Å². The fourth-order valence-electron chi connectivity index (χ4n) is 1.53. The molecule has 0 radical (unpaired) electrons. The van der Waals surface area contributed by atoms with Crippen molar-refractivity contribution in [3.05, 3.63) is 46.5 Å². The van der Waals surface area contributed by atoms with E-state index in [-0.39, 0.29) is 5.91 Å². The molecule has 1 amide bonds. The Hall–Kier alpha value is -1.88. The van der Waals surface area contributed by atoms with E-state index in [9.17, 15) is 4.79 Å². The standard InChI is InChI=1S/C12H13ClN4O/c1-8-3-11(13)10(6-14-8)12(18)15-4-9-5-16-17(2)7-9/h3,5-7H,4H2,1-2H3,(H,15,18). The number of carbonyl (C=O) groups is 1. The molecule has 18 heavy (non-hydrogen) atoms. The summed E-state index contributed by atoms with van der Waals surface area (Å²) in [5, 5.41) is 7.20. The molecule has 6 heteroatoms. The normalized spacial score (nSPS) is 10.4. The summed E-state index contributed by atoms with van der Waals surface area (Å²) in [5.74, 6) is -0.239. The minimum Gasteiger partial charge on any atom is -0.348 e. The maximum Gasteiger partial charge on any atom is 0.254 e. The second-order valence-electron chi connectivity index (χ2n) is 4.01. The Morgan fingerprint density at radius 1 is 1.50 bits per heavy atom. The van der Waals surface area contributed by atoms with E-state index < -0.39 is 0 Å². The molecule has 1 N–H and O–H groups in total. The van der Waals surface area contributed by atoms with Gasteiger partial charge in [-0.25, -0.2) is 0 Å². The van der Waals surface area contributed by atoms with Crippen LogP contribution in [0.2, 0.25) is 5.02 Å². The zero-order valence-corrected chi connectivity index (χ0v) is 10.9. The van der Waals surface area contributed by atoms with Crippen LogP contribution in [0.3, 0.4) is 0 Å². The highest BCUT2D eigenvalue weighted by Gasteiger charge is 2.10. The molecule has 2 heterocycles. The summed E-state index contributed by atoms with van der Waals surface area (Å²) in [6.45, 7) is 2.24. The number of hydrogen-bond donors (Lipinski definition) is 1. The molecule has 0 atom stereocenters. The number of halogens is 1. The van der Waals surface area contributed by atoms with Crippen LogP contribution in [-0.4, -0.2) is 20.7 Å². The Balaban J connectivity index is 2.03. The minimum atomic E-state index is -0.239. The fraction of sp³-hybridized carbons (Fsp3) is 0.250. The second-order valence-corrected chi connectivity index (χ2v) is 4.42. The molecule has 2 aromatic heterocycles. The summed E-state index contributed by atoms with van der Waals surface area (Å²) in [6.07, 6.45) is 5.03. The summed E-state index contributed by atoms with van der Waals surface area (Å²) in [7, 11) is 1.83. The molecule has 0 aliphatic heterocycles. The number of nitrogens with one attached hydrogen (secondary N) is 1. The van der Waals surface area contributed by atoms with Crippen molar-refractivity contribution in [1.29, 1.82) is 0 Å². The molecule has 0 unspecified atom stereocenters. The molecule has 2 rings (SSSR count). The molecule has 94 valence electrons. The van der Waals surface area contributed by atoms with Gasteiger partial charge in [0.25, 0.3) is 5.91 Å². The van der Waals surface area contributed by atoms with Crippen molar-refractivity contribution in [2.75, 3.05) is 0 Å². The van der Waals surface area contributed by atoms with Crippen LogP contribution in [0, 0.1) is 6.92 Å². The first-order valence-corrected chi connectivity index (χ1v) is 5.82. The summed E-state index contributed by atoms with van der Waals surface area (Å²) < 4.78 is 1.68. The summed E-state index contributed by atoms with van der Waals surface area (Å²) >= 11 is 5.99. The number of amides is 1. The largest absolute Gasteiger partial charge is 0.348 e. The van der Waals surface area contributed by atoms with E-state index >= 15 is 0 Å². The zero-order chi connectivity index (χ0) is 13.1. The maximum atomic E-state index is 11.9. The lowest BCUT2D eigenvalue weighted by atomic mass is 10.2. The molecule has 0 saturated heterocycles. The van der Waals surface area contributed by atoms with E-state index in [4.69, 9.17) is 11.6 Å². The smallest absolute Gasteiger partial charge is 0.254 e. The van der Waals surface area contributed by atoms with Gasteiger partial charge in [0.05, 0.1) is 16.8 Å². The van der Waals surface area contributed by atoms with Gasteiger partial charge in [0, 0.05) is 37.2 Å². The van der Waals surface area contributed by atoms with Gasteiger partial charge in [-0.15, -0.1) is 0 Å². The number of aryl methyl sites for hydroxylation is 2. The monoisotopic (exact) mass is 264 g/mol. The Morgan fingerprint density at radius 2 is 2.28 bits per heavy atom. The third kappa shape index (κ3) is 2.87. The average Bonchev–Trinajstić information content (AvgIpc) is 2.72. The number of aromatic nitrogens is 3. The lowest BCUT2D eigenvalue weighted by Crippen LogP contribution is -2.23. The van der Waals surface area contributed by atoms with E-state index in [1.807, 2.05) is 20.2 Å². The first-order chi connectivity index (χ1) is 8.56. The van der Waals surface area contributed by atoms with Crippen LogP contribution in [0.1, 0.15) is 21.6 Å². The molecule has 0 aliphatic rings. The van der Waals surface area contributed by atoms with Crippen LogP contribution in [0.25, 0.3) is 0 Å². The molecular weight excluding hydrogens is 252 g/mol. The quantitative estimate of drug-likeness (QED) is 0.918. The first-order valence-electron chi connectivity index (χ1n) is 5.44. The van der Waals surface area contributed by atoms with Crippen molar-refractivity contribution < 1.29 is 4.79 Å². The van der Waals surface area contributed by atoms with Gasteiger partial charge in [-0.05, 0) is 13.0 Å². The van der Waals surface area contributed by atoms with Gasteiger partial charge >= 0.3 is 0 Å². The molecule has 2 aromatic rings. The molecule has 0 aromatic carbocycles. The van der Waals surface area contributed by atoms with Crippen LogP contribution in [0.5, 0.6) is 0 Å². The van der Waals surface area contributed by atoms with Gasteiger partial charge < -0.3 is 5.32 Å². The van der Waals surface area contributed by atoms with Crippen LogP contribution in [0.4, 0.5) is 0 Å². The summed E-state index contributed by atoms with van der Waals surface area (Å²) in [4.78, 5) is 16.0. The van der Waals surface area contributed by atoms with Crippen LogP contribution >= 0.6 is 11.6 Å². The molecule has 0 fully saturated rings. The number of nitrogens with zero attached hydrogens (tertiary/aromatic N) is 3. The van der Waals surface area contributed by atoms with E-state index in [1.165, 1.54) is 6.20 Å². The van der Waals surface area contributed by atoms with E-state index in [1.54, 1.807) is 16.9 Å². The maximum absolute atomic E-state index is 11.9. The Morgan fingerprint density at radius 3 is 2.89 bits per heavy atom. The Kier molecular flexibility index (Phi) is 3.62. The van der Waals surface area contributed by atoms with Gasteiger partial charge in [0.1, 0.15) is 0 Å². The SMILES string of the molecule is Cc1cc(Cl)c(C(=O)NCc2cnn(C)c2)cn1. The lowest BCUT2D eigenvalue weighted by molar-refractivity contribution is 0.0950. The van der Waals surface area contributed by atoms with Gasteiger partial charge in [0.2, 0.25) is 0 Å². The second kappa shape index (κ2) is 5.18. The molecule has 0 saturated carbocycles. The highest BCUT2D eigenvalue weighted by molar-refractivity contribution is 6.33. The lowest BCUT2D eigenvalue weighted by Gasteiger charge is -2.05. The molecule has 0 bridgehead atoms. The van der Waals surface area contributed by atoms with Crippen molar-refractivity contribution in [1.82, 2.24) is 20.1 Å². The number of pyridine rings is 1. The summed E-state index contributed by atoms with van der Waals surface area (Å²) in [6, 6.07) is 1.67. The Labute approximate surface area is 110 Å². The highest BCUT2D eigenvalue weighted by Crippen LogP contribution is 2.15. The van der Waals surface area contributed by atoms with Crippen molar-refractivity contribution in [3.63, 3.8) is 0 Å². The van der Waals surface area contributed by atoms with Crippen LogP contribution in [0.15, 0.2) is 24.7 Å². The molecular formula is C12H13ClN4O. The minimum absolute atomic E-state index is 0.239. The first kappa shape index (κ1) is 12.6.